The van der Waals surface area contributed by atoms with Crippen LogP contribution in [0.4, 0.5) is 5.00 Å². The van der Waals surface area contributed by atoms with Crippen molar-refractivity contribution in [2.24, 2.45) is 11.8 Å². The van der Waals surface area contributed by atoms with Crippen molar-refractivity contribution >= 4 is 28.2 Å². The molecule has 1 fully saturated rings. The van der Waals surface area contributed by atoms with Crippen LogP contribution in [0.5, 0.6) is 0 Å². The molecule has 2 aromatic carbocycles. The number of imide groups is 1. The molecule has 0 radical (unpaired) electrons. The Balaban J connectivity index is 1.43. The van der Waals surface area contributed by atoms with Crippen molar-refractivity contribution in [3.05, 3.63) is 86.8 Å². The van der Waals surface area contributed by atoms with E-state index in [-0.39, 0.29) is 23.7 Å². The highest BCUT2D eigenvalue weighted by Gasteiger charge is 2.62. The summed E-state index contributed by atoms with van der Waals surface area (Å²) < 4.78 is 0. The van der Waals surface area contributed by atoms with Crippen molar-refractivity contribution in [3.8, 4) is 6.07 Å². The lowest BCUT2D eigenvalue weighted by Crippen LogP contribution is -2.41. The van der Waals surface area contributed by atoms with Crippen molar-refractivity contribution in [1.82, 2.24) is 0 Å². The first-order valence-corrected chi connectivity index (χ1v) is 12.1. The zero-order valence-electron chi connectivity index (χ0n) is 17.4. The fourth-order valence-electron chi connectivity index (χ4n) is 6.70. The van der Waals surface area contributed by atoms with E-state index in [9.17, 15) is 14.9 Å². The van der Waals surface area contributed by atoms with Gasteiger partial charge in [-0.2, -0.15) is 5.26 Å². The number of amides is 2. The first-order chi connectivity index (χ1) is 15.7. The van der Waals surface area contributed by atoms with Gasteiger partial charge in [-0.3, -0.25) is 9.59 Å². The summed E-state index contributed by atoms with van der Waals surface area (Å²) >= 11 is 1.49. The fourth-order valence-corrected chi connectivity index (χ4v) is 8.05. The van der Waals surface area contributed by atoms with E-state index in [1.165, 1.54) is 43.4 Å². The first kappa shape index (κ1) is 18.4. The molecular formula is C27H20N2O2S. The molecule has 1 aliphatic heterocycles. The van der Waals surface area contributed by atoms with Gasteiger partial charge in [0.15, 0.2) is 0 Å². The lowest BCUT2D eigenvalue weighted by molar-refractivity contribution is -0.122. The van der Waals surface area contributed by atoms with Gasteiger partial charge in [-0.15, -0.1) is 11.3 Å². The van der Waals surface area contributed by atoms with E-state index in [2.05, 4.69) is 30.3 Å². The maximum Gasteiger partial charge on any atom is 0.239 e. The standard InChI is InChI=1S/C27H20N2O2S/c28-13-19-14-7-5-6-12-20(14)32-27(19)29-25(30)23-21-15-8-1-2-9-16(15)22(24(23)26(29)31)18-11-4-3-10-17(18)21/h1-4,8-11,21-24H,5-7,12H2. The minimum atomic E-state index is -0.400. The van der Waals surface area contributed by atoms with E-state index in [0.717, 1.165) is 31.2 Å². The Bertz CT molecular complexity index is 1270. The maximum absolute atomic E-state index is 13.9. The number of anilines is 1. The number of nitrogens with zero attached hydrogens (tertiary/aromatic N) is 2. The molecule has 2 unspecified atom stereocenters. The summed E-state index contributed by atoms with van der Waals surface area (Å²) in [5, 5.41) is 10.5. The van der Waals surface area contributed by atoms with Gasteiger partial charge >= 0.3 is 0 Å². The molecule has 2 atom stereocenters. The first-order valence-electron chi connectivity index (χ1n) is 11.3. The van der Waals surface area contributed by atoms with Crippen molar-refractivity contribution in [1.29, 1.82) is 5.26 Å². The molecule has 0 N–H and O–H groups in total. The van der Waals surface area contributed by atoms with Gasteiger partial charge in [-0.05, 0) is 53.5 Å². The minimum Gasteiger partial charge on any atom is -0.274 e. The molecule has 2 amide bonds. The van der Waals surface area contributed by atoms with Gasteiger partial charge in [0, 0.05) is 16.7 Å². The Morgan fingerprint density at radius 1 is 0.812 bits per heavy atom. The van der Waals surface area contributed by atoms with Crippen LogP contribution in [0.15, 0.2) is 48.5 Å². The summed E-state index contributed by atoms with van der Waals surface area (Å²) in [5.74, 6) is -1.29. The van der Waals surface area contributed by atoms with Crippen LogP contribution in [-0.2, 0) is 22.4 Å². The van der Waals surface area contributed by atoms with E-state index >= 15 is 0 Å². The van der Waals surface area contributed by atoms with E-state index in [0.29, 0.717) is 10.6 Å². The van der Waals surface area contributed by atoms with Gasteiger partial charge in [0.05, 0.1) is 17.4 Å². The molecule has 2 heterocycles. The number of hydrogen-bond acceptors (Lipinski definition) is 4. The Morgan fingerprint density at radius 2 is 1.31 bits per heavy atom. The summed E-state index contributed by atoms with van der Waals surface area (Å²) in [6.07, 6.45) is 3.94. The molecule has 156 valence electrons. The van der Waals surface area contributed by atoms with Crippen LogP contribution in [0.25, 0.3) is 0 Å². The van der Waals surface area contributed by atoms with Crippen LogP contribution in [0.2, 0.25) is 0 Å². The van der Waals surface area contributed by atoms with E-state index in [1.807, 2.05) is 24.3 Å². The molecular weight excluding hydrogens is 416 g/mol. The average Bonchev–Trinajstić information content (AvgIpc) is 3.33. The molecule has 3 aromatic rings. The molecule has 4 aliphatic carbocycles. The number of carbonyl (C=O) groups excluding carboxylic acids is 2. The van der Waals surface area contributed by atoms with Gasteiger partial charge < -0.3 is 0 Å². The third-order valence-corrected chi connectivity index (χ3v) is 9.19. The lowest BCUT2D eigenvalue weighted by Gasteiger charge is -2.45. The highest BCUT2D eigenvalue weighted by atomic mass is 32.1. The number of carbonyl (C=O) groups is 2. The highest BCUT2D eigenvalue weighted by molar-refractivity contribution is 7.17. The number of rotatable bonds is 1. The predicted molar refractivity (Wildman–Crippen MR) is 122 cm³/mol. The van der Waals surface area contributed by atoms with Crippen molar-refractivity contribution in [2.45, 2.75) is 37.5 Å². The van der Waals surface area contributed by atoms with Gasteiger partial charge in [0.25, 0.3) is 0 Å². The SMILES string of the molecule is N#Cc1c(N2C(=O)C3C4c5ccccc5C(c5ccccc54)C3C2=O)sc2c1CCCC2. The maximum atomic E-state index is 13.9. The largest absolute Gasteiger partial charge is 0.274 e. The van der Waals surface area contributed by atoms with Crippen LogP contribution in [-0.4, -0.2) is 11.8 Å². The smallest absolute Gasteiger partial charge is 0.239 e. The zero-order chi connectivity index (χ0) is 21.6. The minimum absolute atomic E-state index is 0.112. The Labute approximate surface area is 190 Å². The van der Waals surface area contributed by atoms with Gasteiger partial charge in [0.1, 0.15) is 11.1 Å². The molecule has 5 heteroatoms. The number of aryl methyl sites for hydroxylation is 1. The lowest BCUT2D eigenvalue weighted by atomic mass is 9.55. The second-order valence-corrected chi connectivity index (χ2v) is 10.4. The van der Waals surface area contributed by atoms with Crippen molar-refractivity contribution in [2.75, 3.05) is 4.90 Å². The molecule has 1 aromatic heterocycles. The third kappa shape index (κ3) is 2.11. The Morgan fingerprint density at radius 3 is 1.81 bits per heavy atom. The van der Waals surface area contributed by atoms with Crippen molar-refractivity contribution in [3.63, 3.8) is 0 Å². The molecule has 2 bridgehead atoms. The molecule has 5 aliphatic rings. The van der Waals surface area contributed by atoms with Gasteiger partial charge in [-0.1, -0.05) is 48.5 Å². The summed E-state index contributed by atoms with van der Waals surface area (Å²) in [5.41, 5.74) is 6.30. The number of nitriles is 1. The zero-order valence-corrected chi connectivity index (χ0v) is 18.2. The van der Waals surface area contributed by atoms with Crippen LogP contribution < -0.4 is 4.90 Å². The predicted octanol–water partition coefficient (Wildman–Crippen LogP) is 4.90. The molecule has 8 rings (SSSR count). The number of hydrogen-bond donors (Lipinski definition) is 0. The van der Waals surface area contributed by atoms with E-state index in [4.69, 9.17) is 0 Å². The molecule has 32 heavy (non-hydrogen) atoms. The van der Waals surface area contributed by atoms with E-state index < -0.39 is 11.8 Å². The van der Waals surface area contributed by atoms with Crippen molar-refractivity contribution < 1.29 is 9.59 Å². The second kappa shape index (κ2) is 6.40. The number of thiophene rings is 1. The summed E-state index contributed by atoms with van der Waals surface area (Å²) in [4.78, 5) is 30.5. The van der Waals surface area contributed by atoms with Crippen LogP contribution >= 0.6 is 11.3 Å². The van der Waals surface area contributed by atoms with Crippen LogP contribution in [0.3, 0.4) is 0 Å². The normalized spacial score (nSPS) is 26.9. The van der Waals surface area contributed by atoms with E-state index in [1.54, 1.807) is 0 Å². The Hall–Kier alpha value is -3.23. The van der Waals surface area contributed by atoms with Crippen LogP contribution in [0, 0.1) is 23.2 Å². The second-order valence-electron chi connectivity index (χ2n) is 9.28. The monoisotopic (exact) mass is 436 g/mol. The average molecular weight is 437 g/mol. The number of fused-ring (bicyclic) bond motifs is 1. The summed E-state index contributed by atoms with van der Waals surface area (Å²) in [6, 6.07) is 18.9. The number of benzene rings is 2. The summed E-state index contributed by atoms with van der Waals surface area (Å²) in [7, 11) is 0. The fraction of sp³-hybridized carbons (Fsp3) is 0.296. The quantitative estimate of drug-likeness (QED) is 0.510. The third-order valence-electron chi connectivity index (χ3n) is 7.92. The molecule has 0 saturated carbocycles. The molecule has 4 nitrogen and oxygen atoms in total. The topological polar surface area (TPSA) is 61.2 Å². The van der Waals surface area contributed by atoms with Gasteiger partial charge in [-0.25, -0.2) is 4.90 Å². The molecule has 1 saturated heterocycles. The van der Waals surface area contributed by atoms with Gasteiger partial charge in [0.2, 0.25) is 11.8 Å². The van der Waals surface area contributed by atoms with Crippen LogP contribution in [0.1, 0.15) is 62.9 Å². The highest BCUT2D eigenvalue weighted by Crippen LogP contribution is 2.61. The summed E-state index contributed by atoms with van der Waals surface area (Å²) in [6.45, 7) is 0. The Kier molecular flexibility index (Phi) is 3.67. The molecule has 0 spiro atoms.